The predicted octanol–water partition coefficient (Wildman–Crippen LogP) is 13.4. The van der Waals surface area contributed by atoms with Crippen LogP contribution in [0.5, 0.6) is 0 Å². The van der Waals surface area contributed by atoms with Crippen LogP contribution < -0.4 is 20.4 Å². The van der Waals surface area contributed by atoms with Crippen LogP contribution in [0.1, 0.15) is 17.0 Å². The van der Waals surface area contributed by atoms with Crippen molar-refractivity contribution in [1.82, 2.24) is 19.9 Å². The summed E-state index contributed by atoms with van der Waals surface area (Å²) in [7, 11) is 0. The van der Waals surface area contributed by atoms with Gasteiger partial charge in [0.05, 0.1) is 88.7 Å². The quantitative estimate of drug-likeness (QED) is 0.145. The van der Waals surface area contributed by atoms with E-state index in [9.17, 15) is 8.78 Å². The Morgan fingerprint density at radius 3 is 1.51 bits per heavy atom. The van der Waals surface area contributed by atoms with Crippen molar-refractivity contribution in [3.05, 3.63) is 179 Å². The minimum Gasteiger partial charge on any atom is -0.378 e. The van der Waals surface area contributed by atoms with Gasteiger partial charge >= 0.3 is 0 Å². The number of aryl methyl sites for hydroxylation is 1. The van der Waals surface area contributed by atoms with Gasteiger partial charge in [-0.3, -0.25) is 0 Å². The molecule has 0 radical (unpaired) electrons. The van der Waals surface area contributed by atoms with Crippen LogP contribution in [0.25, 0.3) is 55.6 Å². The maximum Gasteiger partial charge on any atom is 0.132 e. The number of rotatable bonds is 9. The normalized spacial score (nSPS) is 13.8. The molecule has 13 heteroatoms. The van der Waals surface area contributed by atoms with E-state index in [1.807, 2.05) is 75.4 Å². The molecule has 6 aromatic carbocycles. The maximum atomic E-state index is 14.9. The minimum atomic E-state index is -0.292. The highest BCUT2D eigenvalue weighted by atomic mass is 79.9. The summed E-state index contributed by atoms with van der Waals surface area (Å²) in [6, 6.07) is 44.1. The van der Waals surface area contributed by atoms with E-state index in [0.29, 0.717) is 48.9 Å². The van der Waals surface area contributed by atoms with Gasteiger partial charge in [-0.15, -0.1) is 0 Å². The zero-order valence-electron chi connectivity index (χ0n) is 39.1. The van der Waals surface area contributed by atoms with Crippen molar-refractivity contribution in [3.63, 3.8) is 0 Å². The van der Waals surface area contributed by atoms with E-state index in [1.54, 1.807) is 30.5 Å². The molecule has 0 amide bonds. The Kier molecular flexibility index (Phi) is 13.7. The smallest absolute Gasteiger partial charge is 0.132 e. The standard InChI is InChI=1S/C31H28FN5O.C26H23BrFN3O/c1-20-30(23-7-3-5-9-25(23)32)35-27-10-6-4-8-24(27)31(20)36-28-19-22(26-13-14-33-21(2)34-26)11-12-29(28)37-15-17-38-18-16-37;1-17-25(19-6-2-4-8-21(19)28)29-22-9-5-3-7-20(22)26(17)30-23-16-18(27)10-11-24(23)31-12-14-32-15-13-31/h3-14,19H,15-18H2,1-2H3,(H,35,36);2-11,16H,12-15H2,1H3,(H,29,30). The number of nitrogens with one attached hydrogen (secondary N) is 2. The van der Waals surface area contributed by atoms with Crippen LogP contribution in [0, 0.1) is 32.4 Å². The fourth-order valence-corrected chi connectivity index (χ4v) is 9.58. The zero-order valence-corrected chi connectivity index (χ0v) is 40.7. The van der Waals surface area contributed by atoms with Crippen LogP contribution in [0.4, 0.5) is 42.9 Å². The fourth-order valence-electron chi connectivity index (χ4n) is 9.22. The molecule has 2 N–H and O–H groups in total. The van der Waals surface area contributed by atoms with Gasteiger partial charge in [-0.1, -0.05) is 82.7 Å². The highest BCUT2D eigenvalue weighted by Gasteiger charge is 2.22. The van der Waals surface area contributed by atoms with Crippen LogP contribution in [-0.2, 0) is 9.47 Å². The van der Waals surface area contributed by atoms with Crippen LogP contribution in [0.15, 0.2) is 150 Å². The Bertz CT molecular complexity index is 3360. The maximum absolute atomic E-state index is 14.9. The molecule has 0 unspecified atom stereocenters. The lowest BCUT2D eigenvalue weighted by Crippen LogP contribution is -2.36. The first-order valence-corrected chi connectivity index (χ1v) is 24.2. The molecule has 0 spiro atoms. The molecule has 0 atom stereocenters. The summed E-state index contributed by atoms with van der Waals surface area (Å²) in [6.45, 7) is 12.0. The lowest BCUT2D eigenvalue weighted by molar-refractivity contribution is 0.122. The van der Waals surface area contributed by atoms with Crippen molar-refractivity contribution in [2.24, 2.45) is 0 Å². The van der Waals surface area contributed by atoms with Gasteiger partial charge in [0.15, 0.2) is 0 Å². The fraction of sp³-hybridized carbons (Fsp3) is 0.193. The molecule has 3 aromatic heterocycles. The van der Waals surface area contributed by atoms with Crippen molar-refractivity contribution in [2.45, 2.75) is 20.8 Å². The van der Waals surface area contributed by atoms with Gasteiger partial charge in [0.25, 0.3) is 0 Å². The van der Waals surface area contributed by atoms with Crippen molar-refractivity contribution in [2.75, 3.05) is 73.0 Å². The molecule has 2 aliphatic rings. The first-order chi connectivity index (χ1) is 34.2. The first-order valence-electron chi connectivity index (χ1n) is 23.4. The van der Waals surface area contributed by atoms with Gasteiger partial charge in [0, 0.05) is 64.3 Å². The molecule has 0 bridgehead atoms. The third-order valence-electron chi connectivity index (χ3n) is 12.8. The van der Waals surface area contributed by atoms with E-state index in [4.69, 9.17) is 19.4 Å². The van der Waals surface area contributed by atoms with Gasteiger partial charge in [-0.2, -0.15) is 0 Å². The molecule has 11 rings (SSSR count). The molecular weight excluding hydrogens is 947 g/mol. The van der Waals surface area contributed by atoms with E-state index in [2.05, 4.69) is 94.9 Å². The highest BCUT2D eigenvalue weighted by molar-refractivity contribution is 9.10. The number of anilines is 6. The summed E-state index contributed by atoms with van der Waals surface area (Å²) in [5, 5.41) is 9.40. The van der Waals surface area contributed by atoms with E-state index >= 15 is 0 Å². The van der Waals surface area contributed by atoms with Crippen LogP contribution >= 0.6 is 15.9 Å². The number of para-hydroxylation sites is 2. The lowest BCUT2D eigenvalue weighted by atomic mass is 10.0. The molecular formula is C57H51BrF2N8O2. The van der Waals surface area contributed by atoms with Crippen molar-refractivity contribution in [1.29, 1.82) is 0 Å². The van der Waals surface area contributed by atoms with Gasteiger partial charge in [-0.25, -0.2) is 28.7 Å². The molecule has 0 saturated carbocycles. The third kappa shape index (κ3) is 9.78. The van der Waals surface area contributed by atoms with Gasteiger partial charge < -0.3 is 29.9 Å². The van der Waals surface area contributed by atoms with Crippen LogP contribution in [0.2, 0.25) is 0 Å². The summed E-state index contributed by atoms with van der Waals surface area (Å²) in [6.07, 6.45) is 1.78. The number of morpholine rings is 2. The number of aromatic nitrogens is 4. The number of ether oxygens (including phenoxy) is 2. The Morgan fingerprint density at radius 1 is 0.529 bits per heavy atom. The highest BCUT2D eigenvalue weighted by Crippen LogP contribution is 2.42. The number of pyridine rings is 2. The Morgan fingerprint density at radius 2 is 1.00 bits per heavy atom. The largest absolute Gasteiger partial charge is 0.378 e. The van der Waals surface area contributed by atoms with Crippen molar-refractivity contribution < 1.29 is 18.3 Å². The van der Waals surface area contributed by atoms with E-state index < -0.39 is 0 Å². The number of benzene rings is 6. The van der Waals surface area contributed by atoms with Gasteiger partial charge in [0.1, 0.15) is 17.5 Å². The second kappa shape index (κ2) is 20.7. The summed E-state index contributed by atoms with van der Waals surface area (Å²) in [4.78, 5) is 23.2. The molecule has 352 valence electrons. The minimum absolute atomic E-state index is 0.277. The number of hydrogen-bond donors (Lipinski definition) is 2. The second-order valence-electron chi connectivity index (χ2n) is 17.2. The van der Waals surface area contributed by atoms with Crippen LogP contribution in [0.3, 0.4) is 0 Å². The first kappa shape index (κ1) is 46.4. The van der Waals surface area contributed by atoms with Crippen LogP contribution in [-0.4, -0.2) is 72.5 Å². The molecule has 2 fully saturated rings. The van der Waals surface area contributed by atoms with Gasteiger partial charge in [-0.05, 0) is 105 Å². The molecule has 0 aliphatic carbocycles. The number of halogens is 3. The van der Waals surface area contributed by atoms with Gasteiger partial charge in [0.2, 0.25) is 0 Å². The Labute approximate surface area is 414 Å². The predicted molar refractivity (Wildman–Crippen MR) is 283 cm³/mol. The molecule has 2 saturated heterocycles. The van der Waals surface area contributed by atoms with E-state index in [-0.39, 0.29) is 11.6 Å². The number of nitrogens with zero attached hydrogens (tertiary/aromatic N) is 6. The lowest BCUT2D eigenvalue weighted by Gasteiger charge is -2.31. The topological polar surface area (TPSA) is 101 Å². The SMILES string of the molecule is Cc1c(-c2ccccc2F)nc2ccccc2c1Nc1cc(Br)ccc1N1CCOCC1.Cc1nccc(-c2ccc(N3CCOCC3)c(Nc3c(C)c(-c4ccccc4F)nc4ccccc34)c2)n1. The zero-order chi connectivity index (χ0) is 48.1. The Hall–Kier alpha value is -7.32. The van der Waals surface area contributed by atoms with E-state index in [0.717, 1.165) is 115 Å². The molecule has 10 nitrogen and oxygen atoms in total. The summed E-state index contributed by atoms with van der Waals surface area (Å²) >= 11 is 3.62. The third-order valence-corrected chi connectivity index (χ3v) is 13.3. The van der Waals surface area contributed by atoms with Crippen molar-refractivity contribution >= 4 is 71.9 Å². The van der Waals surface area contributed by atoms with Crippen molar-refractivity contribution in [3.8, 4) is 33.8 Å². The molecule has 5 heterocycles. The summed E-state index contributed by atoms with van der Waals surface area (Å²) < 4.78 is 41.7. The average Bonchev–Trinajstić information content (AvgIpc) is 3.39. The van der Waals surface area contributed by atoms with E-state index in [1.165, 1.54) is 12.1 Å². The summed E-state index contributed by atoms with van der Waals surface area (Å²) in [5.41, 5.74) is 13.5. The number of hydrogen-bond acceptors (Lipinski definition) is 10. The molecule has 9 aromatic rings. The summed E-state index contributed by atoms with van der Waals surface area (Å²) in [5.74, 6) is 0.153. The molecule has 2 aliphatic heterocycles. The molecule has 70 heavy (non-hydrogen) atoms. The second-order valence-corrected chi connectivity index (χ2v) is 18.2. The average molecular weight is 998 g/mol. The number of fused-ring (bicyclic) bond motifs is 2. The Balaban J connectivity index is 0.000000165. The monoisotopic (exact) mass is 996 g/mol.